The number of ether oxygens (including phenoxy) is 1. The van der Waals surface area contributed by atoms with Crippen molar-refractivity contribution < 1.29 is 14.6 Å². The maximum Gasteiger partial charge on any atom is 0.358 e. The summed E-state index contributed by atoms with van der Waals surface area (Å²) in [5.74, 6) is 3.89. The highest BCUT2D eigenvalue weighted by Crippen LogP contribution is 2.27. The minimum Gasteiger partial charge on any atom is -0.476 e. The average molecular weight is 289 g/mol. The summed E-state index contributed by atoms with van der Waals surface area (Å²) in [6.45, 7) is 2.20. The Morgan fingerprint density at radius 1 is 1.38 bits per heavy atom. The lowest BCUT2D eigenvalue weighted by Gasteiger charge is -2.32. The molecular weight excluding hydrogens is 270 g/mol. The summed E-state index contributed by atoms with van der Waals surface area (Å²) in [6.07, 6.45) is 1.76. The maximum absolute atomic E-state index is 10.9. The second kappa shape index (κ2) is 6.99. The zero-order valence-corrected chi connectivity index (χ0v) is 11.9. The third-order valence-electron chi connectivity index (χ3n) is 3.45. The van der Waals surface area contributed by atoms with E-state index in [4.69, 9.17) is 15.7 Å². The summed E-state index contributed by atoms with van der Waals surface area (Å²) >= 11 is 0. The van der Waals surface area contributed by atoms with E-state index in [1.807, 2.05) is 30.3 Å². The number of hydrogen-bond donors (Lipinski definition) is 2. The molecule has 0 amide bonds. The van der Waals surface area contributed by atoms with Crippen LogP contribution in [0.2, 0.25) is 0 Å². The van der Waals surface area contributed by atoms with E-state index in [-0.39, 0.29) is 17.9 Å². The van der Waals surface area contributed by atoms with Crippen LogP contribution in [-0.4, -0.2) is 34.6 Å². The molecule has 0 spiro atoms. The minimum absolute atomic E-state index is 0.0851. The molecule has 0 radical (unpaired) electrons. The predicted molar refractivity (Wildman–Crippen MR) is 80.4 cm³/mol. The van der Waals surface area contributed by atoms with E-state index in [1.54, 1.807) is 6.92 Å². The molecule has 0 aromatic heterocycles. The number of carbonyl (C=O) groups is 1. The second-order valence-electron chi connectivity index (χ2n) is 5.04. The van der Waals surface area contributed by atoms with Gasteiger partial charge in [0.25, 0.3) is 0 Å². The molecule has 3 N–H and O–H groups in total. The summed E-state index contributed by atoms with van der Waals surface area (Å²) < 4.78 is 5.77. The van der Waals surface area contributed by atoms with Crippen molar-refractivity contribution in [3.63, 3.8) is 0 Å². The Kier molecular flexibility index (Phi) is 5.05. The topological polar surface area (TPSA) is 97.3 Å². The van der Waals surface area contributed by atoms with Gasteiger partial charge in [-0.25, -0.2) is 4.79 Å². The molecule has 1 fully saturated rings. The monoisotopic (exact) mass is 289 g/mol. The summed E-state index contributed by atoms with van der Waals surface area (Å²) in [5, 5.41) is 12.1. The van der Waals surface area contributed by atoms with Crippen LogP contribution in [0.3, 0.4) is 0 Å². The van der Waals surface area contributed by atoms with E-state index in [1.165, 1.54) is 0 Å². The molecule has 0 heterocycles. The predicted octanol–water partition coefficient (Wildman–Crippen LogP) is 1.59. The van der Waals surface area contributed by atoms with Crippen LogP contribution in [0.4, 0.5) is 0 Å². The highest BCUT2D eigenvalue weighted by Gasteiger charge is 2.30. The standard InChI is InChI=1S/C15H19N3O3/c1-10(14(18-16)15(19)20)17-12-7-13(8-12)21-9-11-5-3-2-4-6-11/h2-6,12-13H,7-9,16H2,1H3,(H,19,20)/b17-10?,18-14+. The lowest BCUT2D eigenvalue weighted by Crippen LogP contribution is -2.36. The minimum atomic E-state index is -1.16. The fourth-order valence-corrected chi connectivity index (χ4v) is 2.21. The summed E-state index contributed by atoms with van der Waals surface area (Å²) in [4.78, 5) is 15.2. The van der Waals surface area contributed by atoms with E-state index in [0.29, 0.717) is 12.3 Å². The van der Waals surface area contributed by atoms with Crippen LogP contribution in [-0.2, 0) is 16.1 Å². The number of nitrogens with two attached hydrogens (primary N) is 1. The van der Waals surface area contributed by atoms with Gasteiger partial charge >= 0.3 is 5.97 Å². The number of carboxylic acid groups (broad SMARTS) is 1. The van der Waals surface area contributed by atoms with E-state index < -0.39 is 5.97 Å². The molecule has 112 valence electrons. The van der Waals surface area contributed by atoms with Gasteiger partial charge in [-0.2, -0.15) is 5.10 Å². The highest BCUT2D eigenvalue weighted by molar-refractivity contribution is 6.64. The number of aliphatic imine (C=N–C) groups is 1. The molecule has 1 aliphatic rings. The Hall–Kier alpha value is -2.21. The third kappa shape index (κ3) is 4.13. The lowest BCUT2D eigenvalue weighted by atomic mass is 9.89. The van der Waals surface area contributed by atoms with Crippen molar-refractivity contribution in [1.82, 2.24) is 0 Å². The van der Waals surface area contributed by atoms with Crippen LogP contribution in [0.1, 0.15) is 25.3 Å². The SMILES string of the molecule is CC(=NC1CC(OCc2ccccc2)C1)/C(=N\N)C(=O)O. The number of carboxylic acids is 1. The molecule has 21 heavy (non-hydrogen) atoms. The Balaban J connectivity index is 1.78. The van der Waals surface area contributed by atoms with Crippen molar-refractivity contribution in [3.8, 4) is 0 Å². The van der Waals surface area contributed by atoms with Crippen LogP contribution in [0.5, 0.6) is 0 Å². The molecule has 0 atom stereocenters. The molecule has 1 aromatic carbocycles. The van der Waals surface area contributed by atoms with Crippen LogP contribution in [0, 0.1) is 0 Å². The van der Waals surface area contributed by atoms with Gasteiger partial charge in [0, 0.05) is 0 Å². The first-order chi connectivity index (χ1) is 10.1. The van der Waals surface area contributed by atoms with Gasteiger partial charge in [0.1, 0.15) is 0 Å². The van der Waals surface area contributed by atoms with Crippen molar-refractivity contribution in [3.05, 3.63) is 35.9 Å². The van der Waals surface area contributed by atoms with Crippen LogP contribution < -0.4 is 5.84 Å². The number of aliphatic carboxylic acids is 1. The Morgan fingerprint density at radius 3 is 2.62 bits per heavy atom. The first kappa shape index (κ1) is 15.2. The molecule has 1 aromatic rings. The first-order valence-electron chi connectivity index (χ1n) is 6.81. The molecule has 2 rings (SSSR count). The summed E-state index contributed by atoms with van der Waals surface area (Å²) in [7, 11) is 0. The largest absolute Gasteiger partial charge is 0.476 e. The quantitative estimate of drug-likeness (QED) is 0.472. The summed E-state index contributed by atoms with van der Waals surface area (Å²) in [5.41, 5.74) is 1.31. The molecule has 6 heteroatoms. The van der Waals surface area contributed by atoms with Gasteiger partial charge in [-0.3, -0.25) is 4.99 Å². The van der Waals surface area contributed by atoms with Gasteiger partial charge in [0.2, 0.25) is 0 Å². The van der Waals surface area contributed by atoms with Crippen LogP contribution >= 0.6 is 0 Å². The first-order valence-corrected chi connectivity index (χ1v) is 6.81. The zero-order valence-electron chi connectivity index (χ0n) is 11.9. The molecule has 1 aliphatic carbocycles. The van der Waals surface area contributed by atoms with E-state index in [2.05, 4.69) is 10.1 Å². The summed E-state index contributed by atoms with van der Waals surface area (Å²) in [6, 6.07) is 10.1. The molecule has 0 aliphatic heterocycles. The van der Waals surface area contributed by atoms with Gasteiger partial charge in [0.05, 0.1) is 24.5 Å². The smallest absolute Gasteiger partial charge is 0.358 e. The Morgan fingerprint density at radius 2 is 2.05 bits per heavy atom. The van der Waals surface area contributed by atoms with E-state index >= 15 is 0 Å². The molecule has 0 bridgehead atoms. The van der Waals surface area contributed by atoms with Gasteiger partial charge in [0.15, 0.2) is 5.71 Å². The zero-order chi connectivity index (χ0) is 15.2. The normalized spacial score (nSPS) is 22.7. The number of hydrazone groups is 1. The fourth-order valence-electron chi connectivity index (χ4n) is 2.21. The number of benzene rings is 1. The van der Waals surface area contributed by atoms with Crippen LogP contribution in [0.15, 0.2) is 40.4 Å². The fraction of sp³-hybridized carbons (Fsp3) is 0.400. The molecular formula is C15H19N3O3. The van der Waals surface area contributed by atoms with E-state index in [0.717, 1.165) is 18.4 Å². The highest BCUT2D eigenvalue weighted by atomic mass is 16.5. The number of rotatable bonds is 6. The Bertz CT molecular complexity index is 549. The third-order valence-corrected chi connectivity index (χ3v) is 3.45. The maximum atomic E-state index is 10.9. The van der Waals surface area contributed by atoms with Crippen molar-refractivity contribution >= 4 is 17.4 Å². The molecule has 1 saturated carbocycles. The average Bonchev–Trinajstić information content (AvgIpc) is 2.42. The molecule has 6 nitrogen and oxygen atoms in total. The second-order valence-corrected chi connectivity index (χ2v) is 5.04. The van der Waals surface area contributed by atoms with Crippen molar-refractivity contribution in [2.24, 2.45) is 15.9 Å². The van der Waals surface area contributed by atoms with Crippen LogP contribution in [0.25, 0.3) is 0 Å². The molecule has 0 saturated heterocycles. The van der Waals surface area contributed by atoms with Gasteiger partial charge < -0.3 is 15.7 Å². The van der Waals surface area contributed by atoms with Gasteiger partial charge in [-0.1, -0.05) is 30.3 Å². The number of nitrogens with zero attached hydrogens (tertiary/aromatic N) is 2. The Labute approximate surface area is 123 Å². The number of hydrogen-bond acceptors (Lipinski definition) is 5. The van der Waals surface area contributed by atoms with Crippen molar-refractivity contribution in [2.75, 3.05) is 0 Å². The van der Waals surface area contributed by atoms with E-state index in [9.17, 15) is 4.79 Å². The van der Waals surface area contributed by atoms with Gasteiger partial charge in [-0.05, 0) is 25.3 Å². The van der Waals surface area contributed by atoms with Crippen molar-refractivity contribution in [1.29, 1.82) is 0 Å². The van der Waals surface area contributed by atoms with Gasteiger partial charge in [-0.15, -0.1) is 0 Å². The molecule has 0 unspecified atom stereocenters. The van der Waals surface area contributed by atoms with Crippen molar-refractivity contribution in [2.45, 2.75) is 38.5 Å². The lowest BCUT2D eigenvalue weighted by molar-refractivity contribution is -0.129.